The summed E-state index contributed by atoms with van der Waals surface area (Å²) in [4.78, 5) is 16.3. The van der Waals surface area contributed by atoms with Gasteiger partial charge in [-0.3, -0.25) is 9.69 Å². The summed E-state index contributed by atoms with van der Waals surface area (Å²) in [6.07, 6.45) is 1.21. The molecule has 6 heteroatoms. The van der Waals surface area contributed by atoms with Crippen molar-refractivity contribution in [1.82, 2.24) is 9.80 Å². The van der Waals surface area contributed by atoms with Crippen LogP contribution in [-0.2, 0) is 4.74 Å². The molecular formula is C14H21BrN2O3. The number of hydrogen-bond donors (Lipinski definition) is 0. The lowest BCUT2D eigenvalue weighted by Gasteiger charge is -2.25. The average Bonchev–Trinajstić information content (AvgIpc) is 2.91. The Bertz CT molecular complexity index is 489. The first-order valence-electron chi connectivity index (χ1n) is 6.66. The van der Waals surface area contributed by atoms with Gasteiger partial charge in [0.05, 0.1) is 6.10 Å². The standard InChI is InChI=1S/C14H21BrN2O3/c1-9-5-12(15)20-13(9)14(18)17(3)7-10-6-11(19-4)8-16(10)2/h5,10-11H,6-8H2,1-4H3/t10-,11-/m0/s1. The lowest BCUT2D eigenvalue weighted by atomic mass is 10.2. The van der Waals surface area contributed by atoms with E-state index in [1.165, 1.54) is 0 Å². The first-order chi connectivity index (χ1) is 9.42. The quantitative estimate of drug-likeness (QED) is 0.839. The zero-order chi connectivity index (χ0) is 14.9. The van der Waals surface area contributed by atoms with Crippen LogP contribution < -0.4 is 0 Å². The third kappa shape index (κ3) is 3.24. The number of aryl methyl sites for hydroxylation is 1. The molecule has 20 heavy (non-hydrogen) atoms. The Balaban J connectivity index is 2.00. The van der Waals surface area contributed by atoms with Crippen molar-refractivity contribution in [3.8, 4) is 0 Å². The summed E-state index contributed by atoms with van der Waals surface area (Å²) in [5.41, 5.74) is 0.850. The molecule has 2 heterocycles. The van der Waals surface area contributed by atoms with Crippen molar-refractivity contribution in [3.63, 3.8) is 0 Å². The van der Waals surface area contributed by atoms with Crippen LogP contribution in [0.15, 0.2) is 15.2 Å². The maximum Gasteiger partial charge on any atom is 0.289 e. The SMILES string of the molecule is CO[C@H]1C[C@@H](CN(C)C(=O)c2oc(Br)cc2C)N(C)C1. The highest BCUT2D eigenvalue weighted by molar-refractivity contribution is 9.10. The summed E-state index contributed by atoms with van der Waals surface area (Å²) in [7, 11) is 5.61. The minimum atomic E-state index is -0.0810. The van der Waals surface area contributed by atoms with Gasteiger partial charge in [0, 0.05) is 38.9 Å². The van der Waals surface area contributed by atoms with Crippen LogP contribution in [-0.4, -0.2) is 62.1 Å². The van der Waals surface area contributed by atoms with Gasteiger partial charge in [0.1, 0.15) is 0 Å². The number of furan rings is 1. The largest absolute Gasteiger partial charge is 0.444 e. The fourth-order valence-corrected chi connectivity index (χ4v) is 3.15. The number of nitrogens with zero attached hydrogens (tertiary/aromatic N) is 2. The summed E-state index contributed by atoms with van der Waals surface area (Å²) in [5.74, 6) is 0.325. The van der Waals surface area contributed by atoms with E-state index >= 15 is 0 Å². The predicted octanol–water partition coefficient (Wildman–Crippen LogP) is 2.14. The first-order valence-corrected chi connectivity index (χ1v) is 7.46. The number of ether oxygens (including phenoxy) is 1. The van der Waals surface area contributed by atoms with Crippen molar-refractivity contribution in [2.75, 3.05) is 34.3 Å². The van der Waals surface area contributed by atoms with Crippen LogP contribution in [0.4, 0.5) is 0 Å². The van der Waals surface area contributed by atoms with E-state index < -0.39 is 0 Å². The summed E-state index contributed by atoms with van der Waals surface area (Å²) in [6, 6.07) is 2.14. The van der Waals surface area contributed by atoms with Crippen molar-refractivity contribution in [2.45, 2.75) is 25.5 Å². The van der Waals surface area contributed by atoms with Crippen LogP contribution in [0.5, 0.6) is 0 Å². The van der Waals surface area contributed by atoms with Gasteiger partial charge in [0.25, 0.3) is 5.91 Å². The Morgan fingerprint density at radius 2 is 2.35 bits per heavy atom. The molecule has 2 atom stereocenters. The van der Waals surface area contributed by atoms with Gasteiger partial charge in [-0.1, -0.05) is 0 Å². The van der Waals surface area contributed by atoms with E-state index in [0.29, 0.717) is 23.0 Å². The van der Waals surface area contributed by atoms with Crippen LogP contribution in [0.3, 0.4) is 0 Å². The molecule has 1 aromatic heterocycles. The number of amides is 1. The van der Waals surface area contributed by atoms with Crippen molar-refractivity contribution in [2.24, 2.45) is 0 Å². The first kappa shape index (κ1) is 15.5. The van der Waals surface area contributed by atoms with Gasteiger partial charge < -0.3 is 14.1 Å². The molecule has 0 N–H and O–H groups in total. The Hall–Kier alpha value is -0.850. The molecule has 5 nitrogen and oxygen atoms in total. The van der Waals surface area contributed by atoms with Crippen molar-refractivity contribution < 1.29 is 13.9 Å². The number of rotatable bonds is 4. The molecule has 2 rings (SSSR count). The van der Waals surface area contributed by atoms with Crippen LogP contribution in [0.1, 0.15) is 22.5 Å². The summed E-state index contributed by atoms with van der Waals surface area (Å²) in [6.45, 7) is 3.46. The lowest BCUT2D eigenvalue weighted by Crippen LogP contribution is -2.39. The third-order valence-electron chi connectivity index (χ3n) is 3.90. The lowest BCUT2D eigenvalue weighted by molar-refractivity contribution is 0.0726. The van der Waals surface area contributed by atoms with Crippen LogP contribution in [0, 0.1) is 6.92 Å². The topological polar surface area (TPSA) is 45.9 Å². The molecule has 1 fully saturated rings. The zero-order valence-electron chi connectivity index (χ0n) is 12.4. The molecule has 0 saturated carbocycles. The van der Waals surface area contributed by atoms with E-state index in [1.54, 1.807) is 12.0 Å². The van der Waals surface area contributed by atoms with Gasteiger partial charge in [0.15, 0.2) is 10.4 Å². The van der Waals surface area contributed by atoms with E-state index in [-0.39, 0.29) is 12.0 Å². The number of halogens is 1. The second kappa shape index (κ2) is 6.28. The molecule has 1 aliphatic heterocycles. The van der Waals surface area contributed by atoms with Crippen LogP contribution >= 0.6 is 15.9 Å². The van der Waals surface area contributed by atoms with Gasteiger partial charge in [-0.15, -0.1) is 0 Å². The normalized spacial score (nSPS) is 23.2. The molecule has 1 aliphatic rings. The van der Waals surface area contributed by atoms with Gasteiger partial charge in [-0.05, 0) is 42.4 Å². The van der Waals surface area contributed by atoms with Crippen LogP contribution in [0.2, 0.25) is 0 Å². The molecule has 0 aliphatic carbocycles. The molecule has 1 amide bonds. The van der Waals surface area contributed by atoms with Gasteiger partial charge in [-0.2, -0.15) is 0 Å². The van der Waals surface area contributed by atoms with Crippen molar-refractivity contribution >= 4 is 21.8 Å². The summed E-state index contributed by atoms with van der Waals surface area (Å²) >= 11 is 3.25. The van der Waals surface area contributed by atoms with Crippen molar-refractivity contribution in [1.29, 1.82) is 0 Å². The van der Waals surface area contributed by atoms with E-state index in [9.17, 15) is 4.79 Å². The fraction of sp³-hybridized carbons (Fsp3) is 0.643. The Kier molecular flexibility index (Phi) is 4.88. The Labute approximate surface area is 128 Å². The minimum absolute atomic E-state index is 0.0810. The zero-order valence-corrected chi connectivity index (χ0v) is 13.9. The molecule has 0 aromatic carbocycles. The Morgan fingerprint density at radius 3 is 2.85 bits per heavy atom. The van der Waals surface area contributed by atoms with Crippen molar-refractivity contribution in [3.05, 3.63) is 22.1 Å². The number of likely N-dealkylation sites (N-methyl/N-ethyl adjacent to an activating group) is 2. The molecule has 0 bridgehead atoms. The molecule has 1 saturated heterocycles. The van der Waals surface area contributed by atoms with E-state index in [1.807, 2.05) is 20.0 Å². The molecule has 0 spiro atoms. The monoisotopic (exact) mass is 344 g/mol. The van der Waals surface area contributed by atoms with Crippen LogP contribution in [0.25, 0.3) is 0 Å². The molecule has 112 valence electrons. The maximum absolute atomic E-state index is 12.4. The number of carbonyl (C=O) groups excluding carboxylic acids is 1. The fourth-order valence-electron chi connectivity index (χ4n) is 2.64. The highest BCUT2D eigenvalue weighted by Crippen LogP contribution is 2.22. The maximum atomic E-state index is 12.4. The van der Waals surface area contributed by atoms with E-state index in [4.69, 9.17) is 9.15 Å². The number of carbonyl (C=O) groups is 1. The molecule has 0 radical (unpaired) electrons. The highest BCUT2D eigenvalue weighted by atomic mass is 79.9. The molecule has 1 aromatic rings. The minimum Gasteiger partial charge on any atom is -0.444 e. The van der Waals surface area contributed by atoms with Gasteiger partial charge in [-0.25, -0.2) is 0 Å². The molecular weight excluding hydrogens is 324 g/mol. The second-order valence-corrected chi connectivity index (χ2v) is 6.22. The summed E-state index contributed by atoms with van der Waals surface area (Å²) in [5, 5.41) is 0. The predicted molar refractivity (Wildman–Crippen MR) is 79.9 cm³/mol. The third-order valence-corrected chi connectivity index (χ3v) is 4.29. The number of methoxy groups -OCH3 is 1. The van der Waals surface area contributed by atoms with E-state index in [0.717, 1.165) is 18.5 Å². The average molecular weight is 345 g/mol. The van der Waals surface area contributed by atoms with E-state index in [2.05, 4.69) is 27.9 Å². The summed E-state index contributed by atoms with van der Waals surface area (Å²) < 4.78 is 11.4. The molecule has 0 unspecified atom stereocenters. The van der Waals surface area contributed by atoms with Gasteiger partial charge in [0.2, 0.25) is 0 Å². The highest BCUT2D eigenvalue weighted by Gasteiger charge is 2.31. The number of likely N-dealkylation sites (tertiary alicyclic amines) is 1. The Morgan fingerprint density at radius 1 is 1.65 bits per heavy atom. The smallest absolute Gasteiger partial charge is 0.289 e. The number of hydrogen-bond acceptors (Lipinski definition) is 4. The van der Waals surface area contributed by atoms with Gasteiger partial charge >= 0.3 is 0 Å². The second-order valence-electron chi connectivity index (χ2n) is 5.44.